The van der Waals surface area contributed by atoms with Crippen LogP contribution in [0.3, 0.4) is 0 Å². The fraction of sp³-hybridized carbons (Fsp3) is 0.632. The minimum Gasteiger partial charge on any atom is -0.465 e. The molecule has 0 unspecified atom stereocenters. The van der Waals surface area contributed by atoms with Gasteiger partial charge in [-0.2, -0.15) is 0 Å². The Morgan fingerprint density at radius 1 is 1.19 bits per heavy atom. The Kier molecular flexibility index (Phi) is 5.44. The topological polar surface area (TPSA) is 26.3 Å². The van der Waals surface area contributed by atoms with Crippen LogP contribution in [0, 0.1) is 5.41 Å². The van der Waals surface area contributed by atoms with Gasteiger partial charge in [-0.15, -0.1) is 0 Å². The molecule has 21 heavy (non-hydrogen) atoms. The van der Waals surface area contributed by atoms with Crippen molar-refractivity contribution in [1.29, 1.82) is 0 Å². The van der Waals surface area contributed by atoms with E-state index in [0.29, 0.717) is 16.9 Å². The number of benzene rings is 1. The first-order chi connectivity index (χ1) is 10.0. The molecule has 1 fully saturated rings. The van der Waals surface area contributed by atoms with Crippen LogP contribution in [-0.4, -0.2) is 13.1 Å². The molecule has 1 aromatic rings. The number of hydrogen-bond acceptors (Lipinski definition) is 2. The predicted octanol–water partition coefficient (Wildman–Crippen LogP) is 5.33. The van der Waals surface area contributed by atoms with E-state index in [-0.39, 0.29) is 5.97 Å². The zero-order chi connectivity index (χ0) is 15.3. The van der Waals surface area contributed by atoms with E-state index in [1.165, 1.54) is 57.6 Å². The standard InChI is InChI=1S/C19H28O2/c1-15(11-14-19(2)12-5-4-6-13-19)16-7-9-17(10-8-16)18(20)21-3/h7-10,15H,4-6,11-14H2,1-3H3/t15-/m0/s1. The summed E-state index contributed by atoms with van der Waals surface area (Å²) < 4.78 is 4.74. The van der Waals surface area contributed by atoms with E-state index in [4.69, 9.17) is 4.74 Å². The molecule has 0 radical (unpaired) electrons. The SMILES string of the molecule is COC(=O)c1ccc([C@@H](C)CCC2(C)CCCCC2)cc1. The molecule has 0 aromatic heterocycles. The smallest absolute Gasteiger partial charge is 0.337 e. The highest BCUT2D eigenvalue weighted by Gasteiger charge is 2.26. The van der Waals surface area contributed by atoms with Crippen LogP contribution in [0.2, 0.25) is 0 Å². The van der Waals surface area contributed by atoms with E-state index in [1.54, 1.807) is 0 Å². The van der Waals surface area contributed by atoms with Crippen molar-refractivity contribution in [2.75, 3.05) is 7.11 Å². The Morgan fingerprint density at radius 2 is 1.81 bits per heavy atom. The summed E-state index contributed by atoms with van der Waals surface area (Å²) in [6.45, 7) is 4.75. The quantitative estimate of drug-likeness (QED) is 0.685. The fourth-order valence-electron chi connectivity index (χ4n) is 3.45. The Balaban J connectivity index is 1.90. The van der Waals surface area contributed by atoms with Crippen molar-refractivity contribution in [3.8, 4) is 0 Å². The molecule has 0 saturated heterocycles. The molecule has 1 saturated carbocycles. The Labute approximate surface area is 128 Å². The van der Waals surface area contributed by atoms with Gasteiger partial charge in [0.2, 0.25) is 0 Å². The van der Waals surface area contributed by atoms with Crippen molar-refractivity contribution in [3.63, 3.8) is 0 Å². The van der Waals surface area contributed by atoms with Crippen molar-refractivity contribution < 1.29 is 9.53 Å². The number of rotatable bonds is 5. The highest BCUT2D eigenvalue weighted by atomic mass is 16.5. The van der Waals surface area contributed by atoms with Gasteiger partial charge in [0.15, 0.2) is 0 Å². The van der Waals surface area contributed by atoms with Crippen LogP contribution in [0.25, 0.3) is 0 Å². The molecule has 1 aliphatic rings. The molecule has 2 rings (SSSR count). The summed E-state index contributed by atoms with van der Waals surface area (Å²) in [6, 6.07) is 7.89. The van der Waals surface area contributed by atoms with Crippen molar-refractivity contribution in [3.05, 3.63) is 35.4 Å². The third-order valence-electron chi connectivity index (χ3n) is 5.14. The van der Waals surface area contributed by atoms with Crippen LogP contribution in [0.4, 0.5) is 0 Å². The van der Waals surface area contributed by atoms with Gasteiger partial charge in [0.05, 0.1) is 12.7 Å². The van der Waals surface area contributed by atoms with Crippen LogP contribution in [0.5, 0.6) is 0 Å². The largest absolute Gasteiger partial charge is 0.465 e. The zero-order valence-corrected chi connectivity index (χ0v) is 13.7. The monoisotopic (exact) mass is 288 g/mol. The number of hydrogen-bond donors (Lipinski definition) is 0. The maximum absolute atomic E-state index is 11.4. The van der Waals surface area contributed by atoms with E-state index < -0.39 is 0 Å². The molecule has 0 heterocycles. The van der Waals surface area contributed by atoms with Crippen LogP contribution in [0.15, 0.2) is 24.3 Å². The van der Waals surface area contributed by atoms with E-state index >= 15 is 0 Å². The lowest BCUT2D eigenvalue weighted by molar-refractivity contribution is 0.0600. The number of esters is 1. The summed E-state index contributed by atoms with van der Waals surface area (Å²) in [6.07, 6.45) is 9.54. The first-order valence-electron chi connectivity index (χ1n) is 8.22. The van der Waals surface area contributed by atoms with E-state index in [9.17, 15) is 4.79 Å². The molecule has 2 heteroatoms. The summed E-state index contributed by atoms with van der Waals surface area (Å²) in [5.74, 6) is 0.291. The Morgan fingerprint density at radius 3 is 2.38 bits per heavy atom. The number of methoxy groups -OCH3 is 1. The highest BCUT2D eigenvalue weighted by Crippen LogP contribution is 2.41. The van der Waals surface area contributed by atoms with Crippen molar-refractivity contribution in [2.24, 2.45) is 5.41 Å². The third kappa shape index (κ3) is 4.33. The number of carbonyl (C=O) groups is 1. The molecule has 0 spiro atoms. The zero-order valence-electron chi connectivity index (χ0n) is 13.7. The van der Waals surface area contributed by atoms with Crippen LogP contribution in [0.1, 0.15) is 80.6 Å². The van der Waals surface area contributed by atoms with Crippen LogP contribution >= 0.6 is 0 Å². The number of ether oxygens (including phenoxy) is 1. The molecular weight excluding hydrogens is 260 g/mol. The second kappa shape index (κ2) is 7.11. The fourth-order valence-corrected chi connectivity index (χ4v) is 3.45. The highest BCUT2D eigenvalue weighted by molar-refractivity contribution is 5.89. The van der Waals surface area contributed by atoms with Gasteiger partial charge < -0.3 is 4.74 Å². The molecule has 1 aromatic carbocycles. The predicted molar refractivity (Wildman–Crippen MR) is 86.6 cm³/mol. The molecule has 1 aliphatic carbocycles. The lowest BCUT2D eigenvalue weighted by atomic mass is 9.71. The summed E-state index contributed by atoms with van der Waals surface area (Å²) >= 11 is 0. The second-order valence-corrected chi connectivity index (χ2v) is 6.92. The summed E-state index contributed by atoms with van der Waals surface area (Å²) in [7, 11) is 1.42. The molecule has 0 bridgehead atoms. The molecule has 0 amide bonds. The maximum Gasteiger partial charge on any atom is 0.337 e. The van der Waals surface area contributed by atoms with Gasteiger partial charge in [-0.25, -0.2) is 4.79 Å². The van der Waals surface area contributed by atoms with Crippen molar-refractivity contribution >= 4 is 5.97 Å². The minimum absolute atomic E-state index is 0.260. The van der Waals surface area contributed by atoms with Crippen LogP contribution in [-0.2, 0) is 4.74 Å². The minimum atomic E-state index is -0.260. The first-order valence-corrected chi connectivity index (χ1v) is 8.22. The Bertz CT molecular complexity index is 455. The lowest BCUT2D eigenvalue weighted by Crippen LogP contribution is -2.20. The van der Waals surface area contributed by atoms with E-state index in [2.05, 4.69) is 26.0 Å². The maximum atomic E-state index is 11.4. The van der Waals surface area contributed by atoms with Crippen LogP contribution < -0.4 is 0 Å². The summed E-state index contributed by atoms with van der Waals surface area (Å²) in [5.41, 5.74) is 2.51. The first kappa shape index (κ1) is 16.1. The molecule has 0 N–H and O–H groups in total. The molecule has 0 aliphatic heterocycles. The number of carbonyl (C=O) groups excluding carboxylic acids is 1. The van der Waals surface area contributed by atoms with Gasteiger partial charge in [0, 0.05) is 0 Å². The molecule has 2 nitrogen and oxygen atoms in total. The molecular formula is C19H28O2. The normalized spacial score (nSPS) is 19.0. The van der Waals surface area contributed by atoms with E-state index in [1.807, 2.05) is 12.1 Å². The van der Waals surface area contributed by atoms with Gasteiger partial charge >= 0.3 is 5.97 Å². The average Bonchev–Trinajstić information content (AvgIpc) is 2.53. The molecule has 1 atom stereocenters. The van der Waals surface area contributed by atoms with Crippen molar-refractivity contribution in [1.82, 2.24) is 0 Å². The van der Waals surface area contributed by atoms with Gasteiger partial charge in [0.25, 0.3) is 0 Å². The third-order valence-corrected chi connectivity index (χ3v) is 5.14. The van der Waals surface area contributed by atoms with Gasteiger partial charge in [-0.1, -0.05) is 45.2 Å². The second-order valence-electron chi connectivity index (χ2n) is 6.92. The van der Waals surface area contributed by atoms with E-state index in [0.717, 1.165) is 0 Å². The van der Waals surface area contributed by atoms with Gasteiger partial charge in [-0.3, -0.25) is 0 Å². The average molecular weight is 288 g/mol. The summed E-state index contributed by atoms with van der Waals surface area (Å²) in [4.78, 5) is 11.4. The van der Waals surface area contributed by atoms with Gasteiger partial charge in [-0.05, 0) is 54.7 Å². The Hall–Kier alpha value is -1.31. The lowest BCUT2D eigenvalue weighted by Gasteiger charge is -2.34. The molecule has 116 valence electrons. The summed E-state index contributed by atoms with van der Waals surface area (Å²) in [5, 5.41) is 0. The van der Waals surface area contributed by atoms with Gasteiger partial charge in [0.1, 0.15) is 0 Å². The van der Waals surface area contributed by atoms with Crippen molar-refractivity contribution in [2.45, 2.75) is 64.7 Å².